The Bertz CT molecular complexity index is 650. The van der Waals surface area contributed by atoms with E-state index < -0.39 is 5.41 Å². The average molecular weight is 285 g/mol. The molecule has 1 aromatic carbocycles. The summed E-state index contributed by atoms with van der Waals surface area (Å²) in [6.07, 6.45) is 0. The lowest BCUT2D eigenvalue weighted by Crippen LogP contribution is -2.41. The molecule has 1 amide bonds. The summed E-state index contributed by atoms with van der Waals surface area (Å²) in [6.45, 7) is 9.01. The number of hydrogen-bond donors (Lipinski definition) is 2. The topological polar surface area (TPSA) is 54.0 Å². The van der Waals surface area contributed by atoms with E-state index in [9.17, 15) is 4.79 Å². The van der Waals surface area contributed by atoms with Gasteiger partial charge in [-0.05, 0) is 45.4 Å². The van der Waals surface area contributed by atoms with Gasteiger partial charge in [-0.2, -0.15) is 0 Å². The molecular weight excluding hydrogens is 262 g/mol. The maximum Gasteiger partial charge on any atom is 0.227 e. The van der Waals surface area contributed by atoms with Crippen molar-refractivity contribution < 1.29 is 4.79 Å². The Labute approximate surface area is 126 Å². The van der Waals surface area contributed by atoms with E-state index in [1.807, 2.05) is 45.9 Å². The first-order valence-corrected chi connectivity index (χ1v) is 7.32. The number of carbonyl (C=O) groups excluding carboxylic acids is 1. The normalized spacial score (nSPS) is 11.4. The van der Waals surface area contributed by atoms with Crippen molar-refractivity contribution >= 4 is 22.6 Å². The molecule has 0 saturated carbocycles. The molecule has 0 bridgehead atoms. The summed E-state index contributed by atoms with van der Waals surface area (Å²) in [5.41, 5.74) is 1.57. The van der Waals surface area contributed by atoms with Crippen LogP contribution < -0.4 is 10.6 Å². The van der Waals surface area contributed by atoms with Gasteiger partial charge in [0.15, 0.2) is 0 Å². The van der Waals surface area contributed by atoms with Crippen molar-refractivity contribution in [3.8, 4) is 0 Å². The number of nitrogens with zero attached hydrogens (tertiary/aromatic N) is 1. The van der Waals surface area contributed by atoms with Crippen molar-refractivity contribution in [3.63, 3.8) is 0 Å². The van der Waals surface area contributed by atoms with E-state index in [4.69, 9.17) is 0 Å². The van der Waals surface area contributed by atoms with Crippen molar-refractivity contribution in [2.75, 3.05) is 18.4 Å². The zero-order valence-corrected chi connectivity index (χ0v) is 13.2. The molecule has 0 atom stereocenters. The van der Waals surface area contributed by atoms with Crippen molar-refractivity contribution in [2.24, 2.45) is 5.41 Å². The first-order valence-electron chi connectivity index (χ1n) is 7.32. The monoisotopic (exact) mass is 285 g/mol. The zero-order chi connectivity index (χ0) is 15.5. The van der Waals surface area contributed by atoms with Crippen molar-refractivity contribution in [3.05, 3.63) is 35.9 Å². The van der Waals surface area contributed by atoms with Gasteiger partial charge in [0, 0.05) is 18.5 Å². The van der Waals surface area contributed by atoms with Crippen LogP contribution in [0.5, 0.6) is 0 Å². The number of anilines is 1. The van der Waals surface area contributed by atoms with Gasteiger partial charge in [0.25, 0.3) is 0 Å². The summed E-state index contributed by atoms with van der Waals surface area (Å²) in [4.78, 5) is 16.7. The highest BCUT2D eigenvalue weighted by Crippen LogP contribution is 2.22. The molecule has 0 fully saturated rings. The van der Waals surface area contributed by atoms with Crippen LogP contribution in [0.2, 0.25) is 0 Å². The lowest BCUT2D eigenvalue weighted by Gasteiger charge is -2.24. The molecule has 2 aromatic rings. The summed E-state index contributed by atoms with van der Waals surface area (Å²) >= 11 is 0. The second-order valence-electron chi connectivity index (χ2n) is 5.94. The summed E-state index contributed by atoms with van der Waals surface area (Å²) in [6, 6.07) is 10.2. The zero-order valence-electron chi connectivity index (χ0n) is 13.2. The summed E-state index contributed by atoms with van der Waals surface area (Å²) in [5.74, 6) is 0.891. The minimum Gasteiger partial charge on any atom is -0.369 e. The van der Waals surface area contributed by atoms with Gasteiger partial charge in [-0.25, -0.2) is 4.98 Å². The van der Waals surface area contributed by atoms with Gasteiger partial charge in [-0.15, -0.1) is 0 Å². The number of fused-ring (bicyclic) bond motifs is 1. The van der Waals surface area contributed by atoms with Gasteiger partial charge in [0.1, 0.15) is 5.82 Å². The summed E-state index contributed by atoms with van der Waals surface area (Å²) in [5, 5.41) is 7.31. The number of aryl methyl sites for hydroxylation is 1. The number of carbonyl (C=O) groups is 1. The Hall–Kier alpha value is -2.10. The number of pyridine rings is 1. The molecule has 0 aliphatic carbocycles. The third kappa shape index (κ3) is 3.51. The molecule has 1 heterocycles. The lowest BCUT2D eigenvalue weighted by molar-refractivity contribution is -0.128. The Kier molecular flexibility index (Phi) is 4.46. The Balaban J connectivity index is 2.16. The number of aromatic nitrogens is 1. The van der Waals surface area contributed by atoms with Gasteiger partial charge in [-0.3, -0.25) is 4.79 Å². The minimum absolute atomic E-state index is 0.0518. The second-order valence-corrected chi connectivity index (χ2v) is 5.94. The molecule has 112 valence electrons. The Morgan fingerprint density at radius 2 is 2.00 bits per heavy atom. The molecular formula is C17H23N3O. The van der Waals surface area contributed by atoms with Gasteiger partial charge in [0.2, 0.25) is 5.91 Å². The maximum atomic E-state index is 12.0. The second kappa shape index (κ2) is 6.12. The minimum atomic E-state index is -0.476. The predicted molar refractivity (Wildman–Crippen MR) is 87.4 cm³/mol. The molecule has 0 spiro atoms. The van der Waals surface area contributed by atoms with Gasteiger partial charge in [-0.1, -0.05) is 18.2 Å². The van der Waals surface area contributed by atoms with Crippen LogP contribution in [0.15, 0.2) is 30.3 Å². The first-order chi connectivity index (χ1) is 9.94. The predicted octanol–water partition coefficient (Wildman–Crippen LogP) is 3.12. The summed E-state index contributed by atoms with van der Waals surface area (Å²) < 4.78 is 0. The third-order valence-electron chi connectivity index (χ3n) is 3.56. The van der Waals surface area contributed by atoms with Crippen LogP contribution in [0.1, 0.15) is 26.3 Å². The Morgan fingerprint density at radius 3 is 2.71 bits per heavy atom. The molecule has 21 heavy (non-hydrogen) atoms. The SMILES string of the molecule is CCNC(=O)C(C)(C)CNc1nc2ccccc2cc1C. The summed E-state index contributed by atoms with van der Waals surface area (Å²) in [7, 11) is 0. The molecule has 1 aromatic heterocycles. The first kappa shape index (κ1) is 15.3. The number of rotatable bonds is 5. The highest BCUT2D eigenvalue weighted by Gasteiger charge is 2.27. The van der Waals surface area contributed by atoms with E-state index in [0.29, 0.717) is 13.1 Å². The van der Waals surface area contributed by atoms with E-state index in [0.717, 1.165) is 22.3 Å². The molecule has 4 heteroatoms. The average Bonchev–Trinajstić information content (AvgIpc) is 2.45. The number of para-hydroxylation sites is 1. The van der Waals surface area contributed by atoms with E-state index in [1.165, 1.54) is 0 Å². The van der Waals surface area contributed by atoms with Crippen LogP contribution in [0.3, 0.4) is 0 Å². The van der Waals surface area contributed by atoms with Crippen LogP contribution in [-0.2, 0) is 4.79 Å². The van der Waals surface area contributed by atoms with Crippen molar-refractivity contribution in [1.29, 1.82) is 0 Å². The van der Waals surface area contributed by atoms with Crippen LogP contribution in [-0.4, -0.2) is 24.0 Å². The number of benzene rings is 1. The molecule has 2 N–H and O–H groups in total. The van der Waals surface area contributed by atoms with Gasteiger partial charge >= 0.3 is 0 Å². The fraction of sp³-hybridized carbons (Fsp3) is 0.412. The molecule has 2 rings (SSSR count). The number of nitrogens with one attached hydrogen (secondary N) is 2. The van der Waals surface area contributed by atoms with Crippen LogP contribution >= 0.6 is 0 Å². The molecule has 0 aliphatic heterocycles. The Morgan fingerprint density at radius 1 is 1.29 bits per heavy atom. The highest BCUT2D eigenvalue weighted by atomic mass is 16.2. The maximum absolute atomic E-state index is 12.0. The highest BCUT2D eigenvalue weighted by molar-refractivity contribution is 5.83. The van der Waals surface area contributed by atoms with E-state index >= 15 is 0 Å². The standard InChI is InChI=1S/C17H23N3O/c1-5-18-16(21)17(3,4)11-19-15-12(2)10-13-8-6-7-9-14(13)20-15/h6-10H,5,11H2,1-4H3,(H,18,21)(H,19,20). The van der Waals surface area contributed by atoms with Gasteiger partial charge < -0.3 is 10.6 Å². The number of amides is 1. The van der Waals surface area contributed by atoms with E-state index in [-0.39, 0.29) is 5.91 Å². The van der Waals surface area contributed by atoms with E-state index in [2.05, 4.69) is 27.8 Å². The molecule has 0 radical (unpaired) electrons. The van der Waals surface area contributed by atoms with Crippen molar-refractivity contribution in [2.45, 2.75) is 27.7 Å². The smallest absolute Gasteiger partial charge is 0.227 e. The van der Waals surface area contributed by atoms with Crippen LogP contribution in [0.25, 0.3) is 10.9 Å². The quantitative estimate of drug-likeness (QED) is 0.887. The third-order valence-corrected chi connectivity index (χ3v) is 3.56. The molecule has 0 aliphatic rings. The van der Waals surface area contributed by atoms with Gasteiger partial charge in [0.05, 0.1) is 10.9 Å². The molecule has 0 unspecified atom stereocenters. The van der Waals surface area contributed by atoms with Crippen LogP contribution in [0.4, 0.5) is 5.82 Å². The fourth-order valence-corrected chi connectivity index (χ4v) is 2.19. The van der Waals surface area contributed by atoms with Crippen LogP contribution in [0, 0.1) is 12.3 Å². The number of hydrogen-bond acceptors (Lipinski definition) is 3. The van der Waals surface area contributed by atoms with Crippen molar-refractivity contribution in [1.82, 2.24) is 10.3 Å². The largest absolute Gasteiger partial charge is 0.369 e. The molecule has 0 saturated heterocycles. The van der Waals surface area contributed by atoms with E-state index in [1.54, 1.807) is 0 Å². The molecule has 4 nitrogen and oxygen atoms in total. The lowest BCUT2D eigenvalue weighted by atomic mass is 9.92. The fourth-order valence-electron chi connectivity index (χ4n) is 2.19.